The van der Waals surface area contributed by atoms with Crippen LogP contribution in [-0.2, 0) is 22.7 Å². The van der Waals surface area contributed by atoms with Gasteiger partial charge in [0.15, 0.2) is 0 Å². The number of hydrogen-bond donors (Lipinski definition) is 3. The van der Waals surface area contributed by atoms with Crippen LogP contribution in [0.4, 0.5) is 4.79 Å². The number of carbonyl (C=O) groups excluding carboxylic acids is 4. The molecular weight excluding hydrogens is 348 g/mol. The van der Waals surface area contributed by atoms with Crippen LogP contribution in [0.25, 0.3) is 0 Å². The Kier molecular flexibility index (Phi) is 5.73. The number of nitrogens with one attached hydrogen (secondary N) is 3. The first kappa shape index (κ1) is 18.9. The Morgan fingerprint density at radius 1 is 1.26 bits per heavy atom. The number of unbranched alkanes of at least 4 members (excludes halogenated alkanes) is 1. The zero-order valence-corrected chi connectivity index (χ0v) is 15.3. The van der Waals surface area contributed by atoms with Crippen LogP contribution in [0.1, 0.15) is 54.1 Å². The molecule has 144 valence electrons. The lowest BCUT2D eigenvalue weighted by Gasteiger charge is -2.29. The Morgan fingerprint density at radius 2 is 2.07 bits per heavy atom. The lowest BCUT2D eigenvalue weighted by Crippen LogP contribution is -2.52. The number of benzene rings is 1. The number of hydrogen-bond acceptors (Lipinski definition) is 4. The van der Waals surface area contributed by atoms with Gasteiger partial charge in [-0.25, -0.2) is 4.79 Å². The Morgan fingerprint density at radius 3 is 2.81 bits per heavy atom. The van der Waals surface area contributed by atoms with Crippen molar-refractivity contribution in [3.63, 3.8) is 0 Å². The van der Waals surface area contributed by atoms with Crippen molar-refractivity contribution in [2.24, 2.45) is 0 Å². The number of rotatable bonds is 6. The number of fused-ring (bicyclic) bond motifs is 1. The van der Waals surface area contributed by atoms with E-state index in [2.05, 4.69) is 22.9 Å². The molecular formula is C19H24N4O4. The number of urea groups is 1. The summed E-state index contributed by atoms with van der Waals surface area (Å²) in [7, 11) is 0. The highest BCUT2D eigenvalue weighted by Gasteiger charge is 2.39. The molecule has 1 aromatic rings. The SMILES string of the molecule is CCCCNC(=O)NCc1ccc2c(c1)C(=O)N(C1CCC(=O)NC1=O)C2. The second kappa shape index (κ2) is 8.20. The zero-order chi connectivity index (χ0) is 19.4. The summed E-state index contributed by atoms with van der Waals surface area (Å²) in [4.78, 5) is 49.4. The maximum Gasteiger partial charge on any atom is 0.315 e. The molecule has 0 bridgehead atoms. The van der Waals surface area contributed by atoms with Crippen LogP contribution in [0.2, 0.25) is 0 Å². The minimum absolute atomic E-state index is 0.214. The molecule has 5 amide bonds. The smallest absolute Gasteiger partial charge is 0.315 e. The third-order valence-electron chi connectivity index (χ3n) is 4.86. The summed E-state index contributed by atoms with van der Waals surface area (Å²) in [5.41, 5.74) is 2.21. The highest BCUT2D eigenvalue weighted by atomic mass is 16.2. The number of amides is 5. The van der Waals surface area contributed by atoms with Gasteiger partial charge in [-0.05, 0) is 30.0 Å². The van der Waals surface area contributed by atoms with E-state index in [-0.39, 0.29) is 24.3 Å². The number of nitrogens with zero attached hydrogens (tertiary/aromatic N) is 1. The molecule has 2 heterocycles. The fourth-order valence-corrected chi connectivity index (χ4v) is 3.34. The van der Waals surface area contributed by atoms with Crippen molar-refractivity contribution in [2.45, 2.75) is 51.7 Å². The van der Waals surface area contributed by atoms with Crippen molar-refractivity contribution in [1.29, 1.82) is 0 Å². The largest absolute Gasteiger partial charge is 0.338 e. The van der Waals surface area contributed by atoms with E-state index in [1.165, 1.54) is 4.90 Å². The van der Waals surface area contributed by atoms with E-state index in [0.717, 1.165) is 24.0 Å². The van der Waals surface area contributed by atoms with Crippen molar-refractivity contribution >= 4 is 23.8 Å². The second-order valence-corrected chi connectivity index (χ2v) is 6.85. The Bertz CT molecular complexity index is 777. The van der Waals surface area contributed by atoms with E-state index in [1.807, 2.05) is 12.1 Å². The van der Waals surface area contributed by atoms with Crippen LogP contribution in [-0.4, -0.2) is 41.2 Å². The molecule has 2 aliphatic heterocycles. The first-order valence-corrected chi connectivity index (χ1v) is 9.27. The molecule has 27 heavy (non-hydrogen) atoms. The van der Waals surface area contributed by atoms with Gasteiger partial charge in [0, 0.05) is 31.6 Å². The molecule has 8 heteroatoms. The molecule has 1 aromatic carbocycles. The summed E-state index contributed by atoms with van der Waals surface area (Å²) < 4.78 is 0. The lowest BCUT2D eigenvalue weighted by molar-refractivity contribution is -0.136. The summed E-state index contributed by atoms with van der Waals surface area (Å²) in [6.45, 7) is 3.35. The molecule has 0 aromatic heterocycles. The highest BCUT2D eigenvalue weighted by Crippen LogP contribution is 2.28. The maximum absolute atomic E-state index is 12.7. The fourth-order valence-electron chi connectivity index (χ4n) is 3.34. The van der Waals surface area contributed by atoms with Crippen molar-refractivity contribution in [2.75, 3.05) is 6.54 Å². The fraction of sp³-hybridized carbons (Fsp3) is 0.474. The van der Waals surface area contributed by atoms with E-state index in [1.54, 1.807) is 6.07 Å². The van der Waals surface area contributed by atoms with Crippen LogP contribution < -0.4 is 16.0 Å². The van der Waals surface area contributed by atoms with Crippen LogP contribution >= 0.6 is 0 Å². The normalized spacial score (nSPS) is 18.9. The van der Waals surface area contributed by atoms with Gasteiger partial charge in [-0.1, -0.05) is 25.5 Å². The van der Waals surface area contributed by atoms with Gasteiger partial charge >= 0.3 is 6.03 Å². The monoisotopic (exact) mass is 372 g/mol. The van der Waals surface area contributed by atoms with Crippen LogP contribution in [0, 0.1) is 0 Å². The summed E-state index contributed by atoms with van der Waals surface area (Å²) in [5.74, 6) is -0.933. The highest BCUT2D eigenvalue weighted by molar-refractivity contribution is 6.05. The number of carbonyl (C=O) groups is 4. The predicted octanol–water partition coefficient (Wildman–Crippen LogP) is 1.05. The molecule has 2 aliphatic rings. The van der Waals surface area contributed by atoms with E-state index in [9.17, 15) is 19.2 Å². The van der Waals surface area contributed by atoms with E-state index < -0.39 is 11.9 Å². The van der Waals surface area contributed by atoms with Gasteiger partial charge in [-0.15, -0.1) is 0 Å². The Labute approximate surface area is 157 Å². The summed E-state index contributed by atoms with van der Waals surface area (Å²) >= 11 is 0. The summed E-state index contributed by atoms with van der Waals surface area (Å²) in [6.07, 6.45) is 2.52. The van der Waals surface area contributed by atoms with Crippen LogP contribution in [0.3, 0.4) is 0 Å². The average molecular weight is 372 g/mol. The van der Waals surface area contributed by atoms with Crippen molar-refractivity contribution in [3.8, 4) is 0 Å². The van der Waals surface area contributed by atoms with Gasteiger partial charge < -0.3 is 15.5 Å². The first-order valence-electron chi connectivity index (χ1n) is 9.27. The molecule has 0 radical (unpaired) electrons. The quantitative estimate of drug-likeness (QED) is 0.512. The molecule has 8 nitrogen and oxygen atoms in total. The van der Waals surface area contributed by atoms with Crippen LogP contribution in [0.5, 0.6) is 0 Å². The van der Waals surface area contributed by atoms with Crippen LogP contribution in [0.15, 0.2) is 18.2 Å². The van der Waals surface area contributed by atoms with Gasteiger partial charge in [-0.3, -0.25) is 19.7 Å². The van der Waals surface area contributed by atoms with Gasteiger partial charge in [-0.2, -0.15) is 0 Å². The van der Waals surface area contributed by atoms with E-state index >= 15 is 0 Å². The Hall–Kier alpha value is -2.90. The number of imide groups is 1. The van der Waals surface area contributed by atoms with Crippen molar-refractivity contribution in [1.82, 2.24) is 20.9 Å². The van der Waals surface area contributed by atoms with E-state index in [0.29, 0.717) is 31.6 Å². The van der Waals surface area contributed by atoms with Gasteiger partial charge in [0.25, 0.3) is 5.91 Å². The maximum atomic E-state index is 12.7. The molecule has 3 N–H and O–H groups in total. The standard InChI is InChI=1S/C19H24N4O4/c1-2-3-8-20-19(27)21-10-12-4-5-13-11-23(18(26)14(13)9-12)15-6-7-16(24)22-17(15)25/h4-5,9,15H,2-3,6-8,10-11H2,1H3,(H2,20,21,27)(H,22,24,25). The minimum Gasteiger partial charge on any atom is -0.338 e. The first-order chi connectivity index (χ1) is 13.0. The predicted molar refractivity (Wildman–Crippen MR) is 97.6 cm³/mol. The van der Waals surface area contributed by atoms with Gasteiger partial charge in [0.1, 0.15) is 6.04 Å². The second-order valence-electron chi connectivity index (χ2n) is 6.85. The topological polar surface area (TPSA) is 108 Å². The van der Waals surface area contributed by atoms with Crippen molar-refractivity contribution < 1.29 is 19.2 Å². The molecule has 1 saturated heterocycles. The molecule has 0 saturated carbocycles. The van der Waals surface area contributed by atoms with Gasteiger partial charge in [0.05, 0.1) is 0 Å². The molecule has 1 fully saturated rings. The van der Waals surface area contributed by atoms with Crippen molar-refractivity contribution in [3.05, 3.63) is 34.9 Å². The lowest BCUT2D eigenvalue weighted by atomic mass is 10.0. The Balaban J connectivity index is 1.61. The van der Waals surface area contributed by atoms with E-state index in [4.69, 9.17) is 0 Å². The molecule has 3 rings (SSSR count). The summed E-state index contributed by atoms with van der Waals surface area (Å²) in [5, 5.41) is 7.84. The molecule has 1 unspecified atom stereocenters. The van der Waals surface area contributed by atoms with Gasteiger partial charge in [0.2, 0.25) is 11.8 Å². The number of piperidine rings is 1. The summed E-state index contributed by atoms with van der Waals surface area (Å²) in [6, 6.07) is 4.63. The minimum atomic E-state index is -0.617. The third-order valence-corrected chi connectivity index (χ3v) is 4.86. The third kappa shape index (κ3) is 4.27. The molecule has 0 aliphatic carbocycles. The zero-order valence-electron chi connectivity index (χ0n) is 15.3. The average Bonchev–Trinajstić information content (AvgIpc) is 2.96. The molecule has 0 spiro atoms. The molecule has 1 atom stereocenters.